The molecule has 0 radical (unpaired) electrons. The molecule has 0 aromatic heterocycles. The molecule has 0 unspecified atom stereocenters. The van der Waals surface area contributed by atoms with Crippen molar-refractivity contribution < 1.29 is 4.39 Å². The summed E-state index contributed by atoms with van der Waals surface area (Å²) < 4.78 is 12.7. The highest BCUT2D eigenvalue weighted by Crippen LogP contribution is 2.46. The first kappa shape index (κ1) is 16.2. The Morgan fingerprint density at radius 3 is 2.68 bits per heavy atom. The first-order valence-electron chi connectivity index (χ1n) is 8.32. The molecule has 4 heteroatoms. The molecule has 2 aliphatic rings. The molecule has 4 atom stereocenters. The first-order valence-corrected chi connectivity index (χ1v) is 8.70. The molecule has 0 saturated carbocycles. The molecule has 3 rings (SSSR count). The third-order valence-electron chi connectivity index (χ3n) is 5.72. The van der Waals surface area contributed by atoms with Crippen LogP contribution in [0.5, 0.6) is 0 Å². The zero-order chi connectivity index (χ0) is 15.7. The maximum Gasteiger partial charge on any atom is 0.102 e. The highest BCUT2D eigenvalue weighted by molar-refractivity contribution is 6.30. The van der Waals surface area contributed by atoms with E-state index in [1.807, 2.05) is 19.2 Å². The van der Waals surface area contributed by atoms with Crippen molar-refractivity contribution in [3.8, 4) is 0 Å². The number of rotatable bonds is 5. The second-order valence-corrected chi connectivity index (χ2v) is 7.41. The summed E-state index contributed by atoms with van der Waals surface area (Å²) in [6.45, 7) is 1.24. The summed E-state index contributed by atoms with van der Waals surface area (Å²) >= 11 is 6.05. The summed E-state index contributed by atoms with van der Waals surface area (Å²) in [7, 11) is 4.31. The lowest BCUT2D eigenvalue weighted by Crippen LogP contribution is -2.49. The molecule has 2 bridgehead atoms. The van der Waals surface area contributed by atoms with Gasteiger partial charge in [0.2, 0.25) is 0 Å². The minimum absolute atomic E-state index is 0.266. The molecule has 2 saturated heterocycles. The van der Waals surface area contributed by atoms with Crippen molar-refractivity contribution in [1.82, 2.24) is 9.80 Å². The number of nitrogens with zero attached hydrogens (tertiary/aromatic N) is 2. The molecule has 0 N–H and O–H groups in total. The first-order chi connectivity index (χ1) is 10.6. The summed E-state index contributed by atoms with van der Waals surface area (Å²) in [6.07, 6.45) is 3.79. The normalized spacial score (nSPS) is 31.9. The molecule has 122 valence electrons. The van der Waals surface area contributed by atoms with Gasteiger partial charge < -0.3 is 9.80 Å². The molecule has 2 heterocycles. The van der Waals surface area contributed by atoms with Gasteiger partial charge in [0, 0.05) is 30.2 Å². The molecule has 0 spiro atoms. The predicted molar refractivity (Wildman–Crippen MR) is 90.3 cm³/mol. The minimum Gasteiger partial charge on any atom is -0.303 e. The Morgan fingerprint density at radius 1 is 1.27 bits per heavy atom. The van der Waals surface area contributed by atoms with Crippen LogP contribution in [0.2, 0.25) is 5.02 Å². The van der Waals surface area contributed by atoms with E-state index >= 15 is 0 Å². The van der Waals surface area contributed by atoms with Gasteiger partial charge in [0.15, 0.2) is 0 Å². The van der Waals surface area contributed by atoms with Gasteiger partial charge in [0.1, 0.15) is 6.67 Å². The summed E-state index contributed by atoms with van der Waals surface area (Å²) in [5, 5.41) is 0.797. The molecule has 0 amide bonds. The van der Waals surface area contributed by atoms with E-state index in [2.05, 4.69) is 29.0 Å². The van der Waals surface area contributed by atoms with Crippen molar-refractivity contribution in [1.29, 1.82) is 0 Å². The van der Waals surface area contributed by atoms with Crippen LogP contribution >= 0.6 is 11.6 Å². The lowest BCUT2D eigenvalue weighted by atomic mass is 9.76. The maximum absolute atomic E-state index is 12.7. The van der Waals surface area contributed by atoms with Gasteiger partial charge in [-0.05, 0) is 62.9 Å². The van der Waals surface area contributed by atoms with Crippen LogP contribution in [0.25, 0.3) is 0 Å². The van der Waals surface area contributed by atoms with Gasteiger partial charge in [-0.3, -0.25) is 0 Å². The van der Waals surface area contributed by atoms with Crippen molar-refractivity contribution in [3.05, 3.63) is 34.9 Å². The molecular formula is C18H26ClFN2. The van der Waals surface area contributed by atoms with E-state index in [0.717, 1.165) is 11.6 Å². The zero-order valence-corrected chi connectivity index (χ0v) is 14.3. The Morgan fingerprint density at radius 2 is 2.00 bits per heavy atom. The summed E-state index contributed by atoms with van der Waals surface area (Å²) in [6, 6.07) is 9.69. The van der Waals surface area contributed by atoms with E-state index in [0.29, 0.717) is 30.5 Å². The molecule has 0 aliphatic carbocycles. The second kappa shape index (κ2) is 6.86. The van der Waals surface area contributed by atoms with Crippen LogP contribution < -0.4 is 0 Å². The monoisotopic (exact) mass is 323 g/mol. The topological polar surface area (TPSA) is 6.48 Å². The molecule has 1 aromatic rings. The van der Waals surface area contributed by atoms with Gasteiger partial charge >= 0.3 is 0 Å². The quantitative estimate of drug-likeness (QED) is 0.813. The summed E-state index contributed by atoms with van der Waals surface area (Å²) in [5.41, 5.74) is 1.40. The zero-order valence-electron chi connectivity index (χ0n) is 13.5. The lowest BCUT2D eigenvalue weighted by Gasteiger charge is -2.44. The van der Waals surface area contributed by atoms with E-state index in [1.54, 1.807) is 0 Å². The van der Waals surface area contributed by atoms with Crippen LogP contribution in [0.15, 0.2) is 24.3 Å². The number of alkyl halides is 1. The maximum atomic E-state index is 12.7. The number of benzene rings is 1. The number of piperidine rings is 1. The van der Waals surface area contributed by atoms with Crippen molar-refractivity contribution in [2.75, 3.05) is 33.9 Å². The van der Waals surface area contributed by atoms with E-state index in [4.69, 9.17) is 11.6 Å². The van der Waals surface area contributed by atoms with Crippen LogP contribution in [0.1, 0.15) is 30.7 Å². The number of hydrogen-bond acceptors (Lipinski definition) is 2. The van der Waals surface area contributed by atoms with Gasteiger partial charge in [-0.25, -0.2) is 4.39 Å². The molecule has 2 fully saturated rings. The van der Waals surface area contributed by atoms with Crippen LogP contribution in [0.4, 0.5) is 4.39 Å². The van der Waals surface area contributed by atoms with Gasteiger partial charge in [-0.15, -0.1) is 0 Å². The van der Waals surface area contributed by atoms with Crippen molar-refractivity contribution in [3.63, 3.8) is 0 Å². The molecule has 2 aliphatic heterocycles. The summed E-state index contributed by atoms with van der Waals surface area (Å²) in [4.78, 5) is 4.72. The largest absolute Gasteiger partial charge is 0.303 e. The van der Waals surface area contributed by atoms with Crippen LogP contribution in [-0.4, -0.2) is 55.7 Å². The third kappa shape index (κ3) is 3.17. The highest BCUT2D eigenvalue weighted by Gasteiger charge is 2.45. The smallest absolute Gasteiger partial charge is 0.102 e. The van der Waals surface area contributed by atoms with E-state index in [-0.39, 0.29) is 6.67 Å². The van der Waals surface area contributed by atoms with E-state index in [9.17, 15) is 4.39 Å². The Hall–Kier alpha value is -0.640. The molecule has 1 aromatic carbocycles. The molecular weight excluding hydrogens is 298 g/mol. The van der Waals surface area contributed by atoms with Crippen molar-refractivity contribution in [2.24, 2.45) is 5.92 Å². The number of fused-ring (bicyclic) bond motifs is 2. The van der Waals surface area contributed by atoms with Crippen LogP contribution in [0.3, 0.4) is 0 Å². The fourth-order valence-electron chi connectivity index (χ4n) is 4.52. The molecule has 2 nitrogen and oxygen atoms in total. The van der Waals surface area contributed by atoms with Gasteiger partial charge in [0.05, 0.1) is 0 Å². The van der Waals surface area contributed by atoms with Crippen LogP contribution in [0, 0.1) is 5.92 Å². The fourth-order valence-corrected chi connectivity index (χ4v) is 4.64. The molecule has 22 heavy (non-hydrogen) atoms. The van der Waals surface area contributed by atoms with Gasteiger partial charge in [-0.2, -0.15) is 0 Å². The van der Waals surface area contributed by atoms with Gasteiger partial charge in [0.25, 0.3) is 0 Å². The number of halogens is 2. The Labute approximate surface area is 138 Å². The third-order valence-corrected chi connectivity index (χ3v) is 5.97. The highest BCUT2D eigenvalue weighted by atomic mass is 35.5. The Bertz CT molecular complexity index is 492. The average molecular weight is 324 g/mol. The summed E-state index contributed by atoms with van der Waals surface area (Å²) in [5.74, 6) is 1.13. The predicted octanol–water partition coefficient (Wildman–Crippen LogP) is 3.81. The standard InChI is InChI=1S/C18H26ClFN2/c1-21(10-9-20)12-17-16(13-3-5-14(19)6-4-13)11-15-7-8-18(17)22(15)2/h3-6,15-18H,7-12H2,1-2H3/t15-,16+,17-,18+/m0/s1/i20-1. The Kier molecular flexibility index (Phi) is 5.06. The second-order valence-electron chi connectivity index (χ2n) is 6.97. The fraction of sp³-hybridized carbons (Fsp3) is 0.667. The van der Waals surface area contributed by atoms with Crippen LogP contribution in [-0.2, 0) is 0 Å². The SMILES string of the molecule is CN(CC[18F])C[C@H]1[C@@H](c2ccc(Cl)cc2)C[C@@H]2CC[C@H]1N2C. The van der Waals surface area contributed by atoms with Crippen molar-refractivity contribution in [2.45, 2.75) is 37.3 Å². The minimum atomic E-state index is -0.266. The number of hydrogen-bond donors (Lipinski definition) is 0. The average Bonchev–Trinajstić information content (AvgIpc) is 2.74. The van der Waals surface area contributed by atoms with Crippen molar-refractivity contribution >= 4 is 11.6 Å². The van der Waals surface area contributed by atoms with E-state index < -0.39 is 0 Å². The Balaban J connectivity index is 1.83. The van der Waals surface area contributed by atoms with Gasteiger partial charge in [-0.1, -0.05) is 23.7 Å². The van der Waals surface area contributed by atoms with E-state index in [1.165, 1.54) is 24.8 Å². The lowest BCUT2D eigenvalue weighted by molar-refractivity contribution is 0.0760.